The molecule has 0 rings (SSSR count). The van der Waals surface area contributed by atoms with Gasteiger partial charge in [-0.15, -0.1) is 0 Å². The number of allylic oxidation sites excluding steroid dienone is 6. The zero-order chi connectivity index (χ0) is 25.3. The molecular weight excluding hydrogens is 459 g/mol. The molecule has 0 spiro atoms. The van der Waals surface area contributed by atoms with Crippen LogP contribution >= 0.6 is 7.60 Å². The monoisotopic (exact) mass is 506 g/mol. The summed E-state index contributed by atoms with van der Waals surface area (Å²) in [7, 11) is -8.44. The number of hydrogen-bond donors (Lipinski definition) is 1. The Morgan fingerprint density at radius 2 is 1.30 bits per heavy atom. The molecule has 0 amide bonds. The molecule has 194 valence electrons. The summed E-state index contributed by atoms with van der Waals surface area (Å²) in [6.07, 6.45) is 15.6. The van der Waals surface area contributed by atoms with Crippen molar-refractivity contribution in [1.82, 2.24) is 0 Å². The molecule has 0 aromatic rings. The van der Waals surface area contributed by atoms with Crippen LogP contribution in [0.25, 0.3) is 0 Å². The Hall–Kier alpha value is -0.720. The van der Waals surface area contributed by atoms with E-state index < -0.39 is 22.7 Å². The lowest BCUT2D eigenvalue weighted by Gasteiger charge is -2.24. The third-order valence-corrected chi connectivity index (χ3v) is 10.0. The van der Waals surface area contributed by atoms with Gasteiger partial charge >= 0.3 is 7.60 Å². The van der Waals surface area contributed by atoms with Crippen molar-refractivity contribution in [3.05, 3.63) is 34.9 Å². The molecule has 1 N–H and O–H groups in total. The van der Waals surface area contributed by atoms with Gasteiger partial charge in [0.25, 0.3) is 10.1 Å². The largest absolute Gasteiger partial charge is 0.351 e. The molecule has 1 atom stereocenters. The second kappa shape index (κ2) is 17.7. The predicted octanol–water partition coefficient (Wildman–Crippen LogP) is 8.23. The lowest BCUT2D eigenvalue weighted by molar-refractivity contribution is 0.215. The highest BCUT2D eigenvalue weighted by Gasteiger charge is 2.43. The van der Waals surface area contributed by atoms with Crippen molar-refractivity contribution in [3.8, 4) is 0 Å². The minimum atomic E-state index is -4.53. The van der Waals surface area contributed by atoms with E-state index in [9.17, 15) is 17.5 Å². The first-order valence-electron chi connectivity index (χ1n) is 12.3. The van der Waals surface area contributed by atoms with Gasteiger partial charge in [0.2, 0.25) is 0 Å². The summed E-state index contributed by atoms with van der Waals surface area (Å²) in [5.41, 5.74) is 4.21. The molecule has 33 heavy (non-hydrogen) atoms. The van der Waals surface area contributed by atoms with Gasteiger partial charge in [-0.2, -0.15) is 8.42 Å². The molecule has 0 aliphatic carbocycles. The van der Waals surface area contributed by atoms with Crippen LogP contribution in [0.3, 0.4) is 0 Å². The third kappa shape index (κ3) is 15.7. The summed E-state index contributed by atoms with van der Waals surface area (Å²) in [6.45, 7) is 12.0. The smallest absolute Gasteiger partial charge is 0.308 e. The van der Waals surface area contributed by atoms with Gasteiger partial charge in [0, 0.05) is 0 Å². The Morgan fingerprint density at radius 3 is 1.79 bits per heavy atom. The molecule has 0 aromatic carbocycles. The SMILES string of the molecule is CCOP(=O)(OCC)C(CCCCCCC=C(C)CCC=C(C)CCC=C(C)C)S(=O)(=O)O. The molecule has 0 saturated heterocycles. The molecule has 0 saturated carbocycles. The van der Waals surface area contributed by atoms with Crippen molar-refractivity contribution in [2.75, 3.05) is 13.2 Å². The van der Waals surface area contributed by atoms with E-state index in [4.69, 9.17) is 9.05 Å². The van der Waals surface area contributed by atoms with Gasteiger partial charge in [-0.25, -0.2) is 0 Å². The molecule has 1 unspecified atom stereocenters. The average Bonchev–Trinajstić information content (AvgIpc) is 2.69. The topological polar surface area (TPSA) is 89.9 Å². The Labute approximate surface area is 203 Å². The Kier molecular flexibility index (Phi) is 17.3. The van der Waals surface area contributed by atoms with Crippen LogP contribution < -0.4 is 0 Å². The van der Waals surface area contributed by atoms with Crippen LogP contribution in [0.1, 0.15) is 106 Å². The molecule has 0 fully saturated rings. The summed E-state index contributed by atoms with van der Waals surface area (Å²) in [5, 5.41) is 0. The van der Waals surface area contributed by atoms with Gasteiger partial charge in [-0.05, 0) is 86.5 Å². The molecule has 0 radical (unpaired) electrons. The van der Waals surface area contributed by atoms with E-state index in [1.54, 1.807) is 13.8 Å². The first-order chi connectivity index (χ1) is 15.5. The zero-order valence-electron chi connectivity index (χ0n) is 21.6. The summed E-state index contributed by atoms with van der Waals surface area (Å²) in [6, 6.07) is 0. The molecular formula is C25H47O6PS. The second-order valence-electron chi connectivity index (χ2n) is 8.80. The van der Waals surface area contributed by atoms with Gasteiger partial charge in [0.05, 0.1) is 13.2 Å². The fraction of sp³-hybridized carbons (Fsp3) is 0.760. The normalized spacial score (nSPS) is 14.4. The Morgan fingerprint density at radius 1 is 0.818 bits per heavy atom. The first-order valence-corrected chi connectivity index (χ1v) is 15.4. The van der Waals surface area contributed by atoms with E-state index >= 15 is 0 Å². The fourth-order valence-corrected chi connectivity index (χ4v) is 7.30. The van der Waals surface area contributed by atoms with Crippen LogP contribution in [0.4, 0.5) is 0 Å². The zero-order valence-corrected chi connectivity index (χ0v) is 23.3. The van der Waals surface area contributed by atoms with Gasteiger partial charge in [-0.1, -0.05) is 54.2 Å². The van der Waals surface area contributed by atoms with Crippen molar-refractivity contribution in [1.29, 1.82) is 0 Å². The maximum atomic E-state index is 12.8. The van der Waals surface area contributed by atoms with E-state index in [0.29, 0.717) is 6.42 Å². The third-order valence-electron chi connectivity index (χ3n) is 5.34. The molecule has 0 aliphatic rings. The Bertz CT molecular complexity index is 769. The molecule has 0 heterocycles. The van der Waals surface area contributed by atoms with E-state index in [0.717, 1.165) is 51.4 Å². The number of rotatable bonds is 19. The van der Waals surface area contributed by atoms with E-state index in [1.165, 1.54) is 16.7 Å². The van der Waals surface area contributed by atoms with Crippen LogP contribution in [0, 0.1) is 0 Å². The lowest BCUT2D eigenvalue weighted by atomic mass is 10.0. The summed E-state index contributed by atoms with van der Waals surface area (Å²) < 4.78 is 56.2. The van der Waals surface area contributed by atoms with Gasteiger partial charge in [0.1, 0.15) is 0 Å². The standard InChI is InChI=1S/C25H47O6PS/c1-7-30-32(26,31-8-2)25(33(27,28)29)21-13-11-9-10-12-17-23(5)19-15-20-24(6)18-14-16-22(3)4/h16-17,20,25H,7-15,18-19,21H2,1-6H3,(H,27,28,29). The molecule has 0 aliphatic heterocycles. The number of unbranched alkanes of at least 4 members (excludes halogenated alkanes) is 4. The number of hydrogen-bond acceptors (Lipinski definition) is 5. The second-order valence-corrected chi connectivity index (χ2v) is 13.0. The van der Waals surface area contributed by atoms with E-state index in [1.807, 2.05) is 0 Å². The van der Waals surface area contributed by atoms with Crippen molar-refractivity contribution in [2.45, 2.75) is 111 Å². The van der Waals surface area contributed by atoms with Crippen LogP contribution in [-0.2, 0) is 23.7 Å². The van der Waals surface area contributed by atoms with Crippen molar-refractivity contribution in [3.63, 3.8) is 0 Å². The van der Waals surface area contributed by atoms with Crippen molar-refractivity contribution >= 4 is 17.7 Å². The molecule has 0 bridgehead atoms. The van der Waals surface area contributed by atoms with Crippen molar-refractivity contribution < 1.29 is 26.6 Å². The van der Waals surface area contributed by atoms with Gasteiger partial charge in [0.15, 0.2) is 4.99 Å². The summed E-state index contributed by atoms with van der Waals surface area (Å²) >= 11 is 0. The average molecular weight is 507 g/mol. The molecule has 8 heteroatoms. The summed E-state index contributed by atoms with van der Waals surface area (Å²) in [5.74, 6) is 0. The highest BCUT2D eigenvalue weighted by atomic mass is 32.2. The van der Waals surface area contributed by atoms with E-state index in [-0.39, 0.29) is 19.6 Å². The maximum Gasteiger partial charge on any atom is 0.351 e. The minimum absolute atomic E-state index is 0.0558. The summed E-state index contributed by atoms with van der Waals surface area (Å²) in [4.78, 5) is -1.52. The van der Waals surface area contributed by atoms with Crippen LogP contribution in [0.5, 0.6) is 0 Å². The highest BCUT2D eigenvalue weighted by molar-refractivity contribution is 7.94. The van der Waals surface area contributed by atoms with Crippen molar-refractivity contribution in [2.24, 2.45) is 0 Å². The predicted molar refractivity (Wildman–Crippen MR) is 139 cm³/mol. The molecule has 0 aromatic heterocycles. The minimum Gasteiger partial charge on any atom is -0.308 e. The first kappa shape index (κ1) is 32.3. The van der Waals surface area contributed by atoms with E-state index in [2.05, 4.69) is 45.9 Å². The van der Waals surface area contributed by atoms with Gasteiger partial charge in [-0.3, -0.25) is 9.12 Å². The van der Waals surface area contributed by atoms with Gasteiger partial charge < -0.3 is 9.05 Å². The van der Waals surface area contributed by atoms with Crippen LogP contribution in [0.2, 0.25) is 0 Å². The van der Waals surface area contributed by atoms with Crippen LogP contribution in [0.15, 0.2) is 34.9 Å². The quantitative estimate of drug-likeness (QED) is 0.0821. The lowest BCUT2D eigenvalue weighted by Crippen LogP contribution is -2.23. The van der Waals surface area contributed by atoms with Crippen LogP contribution in [-0.4, -0.2) is 31.2 Å². The maximum absolute atomic E-state index is 12.8. The Balaban J connectivity index is 4.32. The fourth-order valence-electron chi connectivity index (χ4n) is 3.54. The highest BCUT2D eigenvalue weighted by Crippen LogP contribution is 2.56. The molecule has 6 nitrogen and oxygen atoms in total.